The molecule has 0 aromatic carbocycles. The minimum absolute atomic E-state index is 0.163. The second-order valence-electron chi connectivity index (χ2n) is 8.67. The number of aliphatic carboxylic acids is 2. The van der Waals surface area contributed by atoms with Gasteiger partial charge in [0, 0.05) is 0 Å². The molecule has 0 aliphatic carbocycles. The highest BCUT2D eigenvalue weighted by atomic mass is 16.4. The number of rotatable bonds is 22. The third-order valence-corrected chi connectivity index (χ3v) is 5.87. The Bertz CT molecular complexity index is 417. The summed E-state index contributed by atoms with van der Waals surface area (Å²) in [6, 6.07) is 0. The van der Waals surface area contributed by atoms with E-state index in [1.54, 1.807) is 0 Å². The van der Waals surface area contributed by atoms with Gasteiger partial charge in [-0.1, -0.05) is 64.2 Å². The Morgan fingerprint density at radius 3 is 1.10 bits per heavy atom. The van der Waals surface area contributed by atoms with E-state index in [0.717, 1.165) is 64.2 Å². The van der Waals surface area contributed by atoms with Crippen molar-refractivity contribution in [2.45, 2.75) is 109 Å². The van der Waals surface area contributed by atoms with Crippen LogP contribution in [0.15, 0.2) is 0 Å². The van der Waals surface area contributed by atoms with Crippen molar-refractivity contribution in [1.29, 1.82) is 0 Å². The lowest BCUT2D eigenvalue weighted by Crippen LogP contribution is -2.23. The lowest BCUT2D eigenvalue weighted by atomic mass is 9.87. The van der Waals surface area contributed by atoms with Gasteiger partial charge in [0.25, 0.3) is 0 Å². The quantitative estimate of drug-likeness (QED) is 0.138. The molecule has 0 aromatic heterocycles. The smallest absolute Gasteiger partial charge is 0.306 e. The van der Waals surface area contributed by atoms with Crippen LogP contribution in [0.25, 0.3) is 0 Å². The van der Waals surface area contributed by atoms with Gasteiger partial charge >= 0.3 is 11.9 Å². The molecule has 0 spiro atoms. The molecule has 184 valence electrons. The number of aliphatic hydroxyl groups is 4. The standard InChI is InChI=1S/C23H44O8/c24-16-20(26)13-9-5-1-3-7-11-18(22(28)29)15-19(23(30)31)12-8-4-2-6-10-14-21(27)17-25/h18-21,24-27H,1-17H2,(H,28,29)(H,30,31). The largest absolute Gasteiger partial charge is 0.481 e. The Balaban J connectivity index is 4.07. The van der Waals surface area contributed by atoms with Gasteiger partial charge in [0.05, 0.1) is 37.3 Å². The zero-order chi connectivity index (χ0) is 23.5. The lowest BCUT2D eigenvalue weighted by molar-refractivity contribution is -0.146. The molecule has 0 radical (unpaired) electrons. The van der Waals surface area contributed by atoms with E-state index in [2.05, 4.69) is 0 Å². The van der Waals surface area contributed by atoms with Gasteiger partial charge < -0.3 is 30.6 Å². The van der Waals surface area contributed by atoms with E-state index < -0.39 is 36.0 Å². The molecular weight excluding hydrogens is 404 g/mol. The van der Waals surface area contributed by atoms with Crippen LogP contribution in [0.2, 0.25) is 0 Å². The van der Waals surface area contributed by atoms with Gasteiger partial charge in [-0.3, -0.25) is 9.59 Å². The van der Waals surface area contributed by atoms with Crippen LogP contribution in [0.1, 0.15) is 96.3 Å². The summed E-state index contributed by atoms with van der Waals surface area (Å²) in [5, 5.41) is 55.1. The second kappa shape index (κ2) is 19.5. The van der Waals surface area contributed by atoms with E-state index in [4.69, 9.17) is 10.2 Å². The Hall–Kier alpha value is -1.22. The Kier molecular flexibility index (Phi) is 18.7. The fraction of sp³-hybridized carbons (Fsp3) is 0.913. The first-order valence-corrected chi connectivity index (χ1v) is 11.8. The molecule has 0 aliphatic rings. The van der Waals surface area contributed by atoms with Gasteiger partial charge in [0.1, 0.15) is 0 Å². The number of carboxylic acid groups (broad SMARTS) is 2. The van der Waals surface area contributed by atoms with Gasteiger partial charge in [-0.2, -0.15) is 0 Å². The first-order chi connectivity index (χ1) is 14.8. The predicted molar refractivity (Wildman–Crippen MR) is 118 cm³/mol. The molecule has 0 saturated carbocycles. The number of carbonyl (C=O) groups is 2. The number of aliphatic hydroxyl groups excluding tert-OH is 4. The van der Waals surface area contributed by atoms with E-state index in [1.165, 1.54) is 0 Å². The molecule has 0 rings (SSSR count). The molecule has 0 aromatic rings. The van der Waals surface area contributed by atoms with Crippen LogP contribution in [-0.4, -0.2) is 68.0 Å². The van der Waals surface area contributed by atoms with Crippen molar-refractivity contribution in [2.75, 3.05) is 13.2 Å². The molecular formula is C23H44O8. The molecule has 0 fully saturated rings. The van der Waals surface area contributed by atoms with Gasteiger partial charge in [-0.05, 0) is 32.1 Å². The molecule has 0 aliphatic heterocycles. The van der Waals surface area contributed by atoms with E-state index in [1.807, 2.05) is 0 Å². The summed E-state index contributed by atoms with van der Waals surface area (Å²) in [5.74, 6) is -3.14. The zero-order valence-corrected chi connectivity index (χ0v) is 18.8. The van der Waals surface area contributed by atoms with Crippen molar-refractivity contribution in [2.24, 2.45) is 11.8 Å². The molecule has 4 unspecified atom stereocenters. The summed E-state index contributed by atoms with van der Waals surface area (Å²) >= 11 is 0. The number of unbranched alkanes of at least 4 members (excludes halogenated alkanes) is 8. The summed E-state index contributed by atoms with van der Waals surface area (Å²) in [7, 11) is 0. The van der Waals surface area contributed by atoms with Crippen LogP contribution >= 0.6 is 0 Å². The van der Waals surface area contributed by atoms with Crippen LogP contribution in [0.4, 0.5) is 0 Å². The van der Waals surface area contributed by atoms with Gasteiger partial charge in [-0.25, -0.2) is 0 Å². The van der Waals surface area contributed by atoms with Crippen molar-refractivity contribution >= 4 is 11.9 Å². The van der Waals surface area contributed by atoms with E-state index >= 15 is 0 Å². The maximum absolute atomic E-state index is 11.6. The number of carboxylic acids is 2. The molecule has 8 heteroatoms. The maximum Gasteiger partial charge on any atom is 0.306 e. The topological polar surface area (TPSA) is 156 Å². The summed E-state index contributed by atoms with van der Waals surface area (Å²) in [6.45, 7) is -0.445. The van der Waals surface area contributed by atoms with E-state index in [0.29, 0.717) is 25.7 Å². The average Bonchev–Trinajstić information content (AvgIpc) is 2.74. The van der Waals surface area contributed by atoms with Gasteiger partial charge in [0.2, 0.25) is 0 Å². The number of hydrogen-bond acceptors (Lipinski definition) is 6. The Morgan fingerprint density at radius 2 is 0.806 bits per heavy atom. The Labute approximate surface area is 186 Å². The molecule has 0 amide bonds. The fourth-order valence-electron chi connectivity index (χ4n) is 3.81. The normalized spacial score (nSPS) is 15.4. The minimum atomic E-state index is -0.931. The lowest BCUT2D eigenvalue weighted by Gasteiger charge is -2.18. The van der Waals surface area contributed by atoms with Crippen LogP contribution in [0.5, 0.6) is 0 Å². The Morgan fingerprint density at radius 1 is 0.516 bits per heavy atom. The molecule has 0 saturated heterocycles. The van der Waals surface area contributed by atoms with E-state index in [-0.39, 0.29) is 19.6 Å². The molecule has 6 N–H and O–H groups in total. The van der Waals surface area contributed by atoms with Crippen LogP contribution in [0.3, 0.4) is 0 Å². The first-order valence-electron chi connectivity index (χ1n) is 11.8. The van der Waals surface area contributed by atoms with Crippen LogP contribution in [-0.2, 0) is 9.59 Å². The highest BCUT2D eigenvalue weighted by Gasteiger charge is 2.26. The zero-order valence-electron chi connectivity index (χ0n) is 18.8. The minimum Gasteiger partial charge on any atom is -0.481 e. The third kappa shape index (κ3) is 17.1. The monoisotopic (exact) mass is 448 g/mol. The second-order valence-corrected chi connectivity index (χ2v) is 8.67. The molecule has 0 heterocycles. The van der Waals surface area contributed by atoms with Crippen molar-refractivity contribution in [3.05, 3.63) is 0 Å². The predicted octanol–water partition coefficient (Wildman–Crippen LogP) is 2.95. The molecule has 8 nitrogen and oxygen atoms in total. The van der Waals surface area contributed by atoms with Crippen LogP contribution < -0.4 is 0 Å². The molecule has 4 atom stereocenters. The fourth-order valence-corrected chi connectivity index (χ4v) is 3.81. The third-order valence-electron chi connectivity index (χ3n) is 5.87. The summed E-state index contributed by atoms with van der Waals surface area (Å²) < 4.78 is 0. The maximum atomic E-state index is 11.6. The first kappa shape index (κ1) is 29.8. The molecule has 0 bridgehead atoms. The van der Waals surface area contributed by atoms with Crippen molar-refractivity contribution in [1.82, 2.24) is 0 Å². The average molecular weight is 449 g/mol. The summed E-state index contributed by atoms with van der Waals surface area (Å²) in [5.41, 5.74) is 0. The summed E-state index contributed by atoms with van der Waals surface area (Å²) in [6.07, 6.45) is 9.53. The van der Waals surface area contributed by atoms with E-state index in [9.17, 15) is 30.0 Å². The van der Waals surface area contributed by atoms with Crippen molar-refractivity contribution in [3.8, 4) is 0 Å². The van der Waals surface area contributed by atoms with Crippen molar-refractivity contribution in [3.63, 3.8) is 0 Å². The van der Waals surface area contributed by atoms with Gasteiger partial charge in [-0.15, -0.1) is 0 Å². The SMILES string of the molecule is O=C(O)C(CCCCCCCC(O)CO)CC(CCCCCCCC(O)CO)C(=O)O. The number of hydrogen-bond donors (Lipinski definition) is 6. The molecule has 31 heavy (non-hydrogen) atoms. The highest BCUT2D eigenvalue weighted by molar-refractivity contribution is 5.73. The van der Waals surface area contributed by atoms with Crippen LogP contribution in [0, 0.1) is 11.8 Å². The summed E-state index contributed by atoms with van der Waals surface area (Å²) in [4.78, 5) is 23.2. The highest BCUT2D eigenvalue weighted by Crippen LogP contribution is 2.24. The van der Waals surface area contributed by atoms with Crippen molar-refractivity contribution < 1.29 is 40.2 Å². The van der Waals surface area contributed by atoms with Gasteiger partial charge in [0.15, 0.2) is 0 Å².